The van der Waals surface area contributed by atoms with Crippen LogP contribution in [-0.4, -0.2) is 50.0 Å². The van der Waals surface area contributed by atoms with Crippen molar-refractivity contribution in [1.29, 1.82) is 0 Å². The van der Waals surface area contributed by atoms with Crippen molar-refractivity contribution in [3.05, 3.63) is 0 Å². The fourth-order valence-electron chi connectivity index (χ4n) is 1.31. The van der Waals surface area contributed by atoms with Gasteiger partial charge in [-0.2, -0.15) is 4.31 Å². The monoisotopic (exact) mass is 255 g/mol. The average molecular weight is 256 g/mol. The molecule has 0 aliphatic carbocycles. The topological polar surface area (TPSA) is 63.7 Å². The van der Waals surface area contributed by atoms with Crippen molar-refractivity contribution >= 4 is 26.9 Å². The van der Waals surface area contributed by atoms with Crippen LogP contribution in [0.1, 0.15) is 6.92 Å². The fourth-order valence-corrected chi connectivity index (χ4v) is 3.18. The van der Waals surface area contributed by atoms with Crippen LogP contribution in [-0.2, 0) is 19.6 Å². The lowest BCUT2D eigenvalue weighted by atomic mass is 10.2. The van der Waals surface area contributed by atoms with E-state index in [9.17, 15) is 13.2 Å². The minimum Gasteiger partial charge on any atom is -0.379 e. The van der Waals surface area contributed by atoms with E-state index in [4.69, 9.17) is 16.3 Å². The van der Waals surface area contributed by atoms with Gasteiger partial charge in [0.25, 0.3) is 0 Å². The molecule has 0 aromatic carbocycles. The lowest BCUT2D eigenvalue weighted by Crippen LogP contribution is -2.43. The minimum atomic E-state index is -3.38. The summed E-state index contributed by atoms with van der Waals surface area (Å²) >= 11 is 5.23. The molecule has 0 aromatic heterocycles. The maximum absolute atomic E-state index is 11.8. The van der Waals surface area contributed by atoms with Crippen molar-refractivity contribution in [2.45, 2.75) is 6.92 Å². The Morgan fingerprint density at radius 1 is 1.47 bits per heavy atom. The summed E-state index contributed by atoms with van der Waals surface area (Å²) in [7, 11) is -3.38. The van der Waals surface area contributed by atoms with Crippen LogP contribution < -0.4 is 0 Å². The van der Waals surface area contributed by atoms with Crippen molar-refractivity contribution in [3.8, 4) is 0 Å². The highest BCUT2D eigenvalue weighted by Gasteiger charge is 2.27. The zero-order chi connectivity index (χ0) is 11.5. The summed E-state index contributed by atoms with van der Waals surface area (Å²) in [5, 5.41) is -0.619. The number of rotatable bonds is 4. The van der Waals surface area contributed by atoms with E-state index in [0.29, 0.717) is 26.3 Å². The molecule has 88 valence electrons. The number of ether oxygens (including phenoxy) is 1. The maximum Gasteiger partial charge on any atom is 0.225 e. The Bertz CT molecular complexity index is 324. The van der Waals surface area contributed by atoms with E-state index in [1.165, 1.54) is 11.2 Å². The predicted octanol–water partition coefficient (Wildman–Crippen LogP) is 0.0499. The van der Waals surface area contributed by atoms with Crippen LogP contribution in [0.3, 0.4) is 0 Å². The van der Waals surface area contributed by atoms with Crippen LogP contribution in [0, 0.1) is 5.92 Å². The molecule has 1 heterocycles. The van der Waals surface area contributed by atoms with Gasteiger partial charge in [0.1, 0.15) is 0 Å². The van der Waals surface area contributed by atoms with E-state index in [1.54, 1.807) is 0 Å². The molecule has 0 aromatic rings. The van der Waals surface area contributed by atoms with Gasteiger partial charge in [0.2, 0.25) is 15.3 Å². The summed E-state index contributed by atoms with van der Waals surface area (Å²) in [4.78, 5) is 10.8. The van der Waals surface area contributed by atoms with E-state index < -0.39 is 21.2 Å². The molecular formula is C8H14ClNO4S. The minimum absolute atomic E-state index is 0.227. The van der Waals surface area contributed by atoms with Gasteiger partial charge in [-0.15, -0.1) is 0 Å². The van der Waals surface area contributed by atoms with Crippen molar-refractivity contribution in [3.63, 3.8) is 0 Å². The number of nitrogens with zero attached hydrogens (tertiary/aromatic N) is 1. The van der Waals surface area contributed by atoms with E-state index in [-0.39, 0.29) is 5.75 Å². The Balaban J connectivity index is 2.61. The first-order valence-corrected chi connectivity index (χ1v) is 6.67. The van der Waals surface area contributed by atoms with Gasteiger partial charge in [-0.25, -0.2) is 8.42 Å². The third-order valence-corrected chi connectivity index (χ3v) is 4.66. The summed E-state index contributed by atoms with van der Waals surface area (Å²) in [5.74, 6) is -0.894. The quantitative estimate of drug-likeness (QED) is 0.666. The molecule has 1 rings (SSSR count). The first-order valence-electron chi connectivity index (χ1n) is 4.68. The summed E-state index contributed by atoms with van der Waals surface area (Å²) in [5.41, 5.74) is 0. The maximum atomic E-state index is 11.8. The van der Waals surface area contributed by atoms with Crippen molar-refractivity contribution < 1.29 is 17.9 Å². The highest BCUT2D eigenvalue weighted by molar-refractivity contribution is 7.89. The van der Waals surface area contributed by atoms with Crippen molar-refractivity contribution in [2.75, 3.05) is 32.1 Å². The highest BCUT2D eigenvalue weighted by Crippen LogP contribution is 2.11. The molecule has 0 N–H and O–H groups in total. The number of carbonyl (C=O) groups excluding carboxylic acids is 1. The molecule has 5 nitrogen and oxygen atoms in total. The molecule has 1 aliphatic heterocycles. The molecule has 1 unspecified atom stereocenters. The van der Waals surface area contributed by atoms with E-state index in [2.05, 4.69) is 0 Å². The standard InChI is InChI=1S/C8H14ClNO4S/c1-7(8(9)11)6-15(12,13)10-2-4-14-5-3-10/h7H,2-6H2,1H3. The summed E-state index contributed by atoms with van der Waals surface area (Å²) in [6, 6.07) is 0. The predicted molar refractivity (Wildman–Crippen MR) is 56.2 cm³/mol. The van der Waals surface area contributed by atoms with Crippen LogP contribution in [0.15, 0.2) is 0 Å². The Hall–Kier alpha value is -0.170. The molecule has 0 radical (unpaired) electrons. The van der Waals surface area contributed by atoms with Gasteiger partial charge in [0.15, 0.2) is 0 Å². The van der Waals surface area contributed by atoms with Crippen LogP contribution in [0.4, 0.5) is 0 Å². The van der Waals surface area contributed by atoms with Gasteiger partial charge in [-0.3, -0.25) is 4.79 Å². The van der Waals surface area contributed by atoms with Gasteiger partial charge in [-0.1, -0.05) is 6.92 Å². The molecule has 15 heavy (non-hydrogen) atoms. The zero-order valence-corrected chi connectivity index (χ0v) is 10.1. The van der Waals surface area contributed by atoms with Gasteiger partial charge >= 0.3 is 0 Å². The Labute approximate surface area is 94.4 Å². The lowest BCUT2D eigenvalue weighted by Gasteiger charge is -2.26. The number of hydrogen-bond acceptors (Lipinski definition) is 4. The van der Waals surface area contributed by atoms with E-state index >= 15 is 0 Å². The number of hydrogen-bond donors (Lipinski definition) is 0. The van der Waals surface area contributed by atoms with E-state index in [0.717, 1.165) is 0 Å². The molecular weight excluding hydrogens is 242 g/mol. The normalized spacial score (nSPS) is 21.2. The molecule has 1 aliphatic rings. The number of morpholine rings is 1. The van der Waals surface area contributed by atoms with Gasteiger partial charge in [0.05, 0.1) is 19.0 Å². The highest BCUT2D eigenvalue weighted by atomic mass is 35.5. The third kappa shape index (κ3) is 3.71. The van der Waals surface area contributed by atoms with Gasteiger partial charge < -0.3 is 4.74 Å². The molecule has 1 fully saturated rings. The number of sulfonamides is 1. The molecule has 0 saturated carbocycles. The fraction of sp³-hybridized carbons (Fsp3) is 0.875. The Kier molecular flexibility index (Phi) is 4.51. The van der Waals surface area contributed by atoms with Gasteiger partial charge in [0, 0.05) is 19.0 Å². The molecule has 7 heteroatoms. The zero-order valence-electron chi connectivity index (χ0n) is 8.48. The Morgan fingerprint density at radius 2 is 2.00 bits per heavy atom. The first kappa shape index (κ1) is 12.9. The third-order valence-electron chi connectivity index (χ3n) is 2.21. The number of halogens is 1. The number of carbonyl (C=O) groups is 1. The SMILES string of the molecule is CC(CS(=O)(=O)N1CCOCC1)C(=O)Cl. The van der Waals surface area contributed by atoms with E-state index in [1.807, 2.05) is 0 Å². The second-order valence-electron chi connectivity index (χ2n) is 3.50. The summed E-state index contributed by atoms with van der Waals surface area (Å²) in [6.07, 6.45) is 0. The van der Waals surface area contributed by atoms with Crippen molar-refractivity contribution in [2.24, 2.45) is 5.92 Å². The molecule has 0 spiro atoms. The van der Waals surface area contributed by atoms with Crippen LogP contribution >= 0.6 is 11.6 Å². The molecule has 1 atom stereocenters. The van der Waals surface area contributed by atoms with Gasteiger partial charge in [-0.05, 0) is 11.6 Å². The smallest absolute Gasteiger partial charge is 0.225 e. The average Bonchev–Trinajstić information content (AvgIpc) is 2.18. The van der Waals surface area contributed by atoms with Crippen LogP contribution in [0.5, 0.6) is 0 Å². The molecule has 0 amide bonds. The summed E-state index contributed by atoms with van der Waals surface area (Å²) < 4.78 is 29.9. The Morgan fingerprint density at radius 3 is 2.47 bits per heavy atom. The van der Waals surface area contributed by atoms with Crippen LogP contribution in [0.25, 0.3) is 0 Å². The molecule has 0 bridgehead atoms. The second kappa shape index (κ2) is 5.25. The summed E-state index contributed by atoms with van der Waals surface area (Å²) in [6.45, 7) is 3.02. The largest absolute Gasteiger partial charge is 0.379 e. The molecule has 1 saturated heterocycles. The first-order chi connectivity index (χ1) is 6.93. The lowest BCUT2D eigenvalue weighted by molar-refractivity contribution is -0.114. The van der Waals surface area contributed by atoms with Crippen LogP contribution in [0.2, 0.25) is 0 Å². The second-order valence-corrected chi connectivity index (χ2v) is 5.88. The van der Waals surface area contributed by atoms with Crippen molar-refractivity contribution in [1.82, 2.24) is 4.31 Å².